The second-order valence-electron chi connectivity index (χ2n) is 3.89. The Labute approximate surface area is 109 Å². The van der Waals surface area contributed by atoms with E-state index >= 15 is 0 Å². The van der Waals surface area contributed by atoms with Crippen LogP contribution in [0.5, 0.6) is 0 Å². The molecule has 2 aromatic rings. The first-order chi connectivity index (χ1) is 7.86. The fourth-order valence-corrected chi connectivity index (χ4v) is 1.65. The third-order valence-corrected chi connectivity index (χ3v) is 2.66. The molecule has 2 rings (SSSR count). The van der Waals surface area contributed by atoms with E-state index in [-0.39, 0.29) is 12.4 Å². The minimum absolute atomic E-state index is 0. The topological polar surface area (TPSA) is 24.9 Å². The molecule has 0 fully saturated rings. The number of hydrogen-bond acceptors (Lipinski definition) is 2. The maximum Gasteiger partial charge on any atom is 0.0271 e. The highest BCUT2D eigenvalue weighted by atomic mass is 35.5. The second kappa shape index (κ2) is 7.05. The zero-order valence-corrected chi connectivity index (χ0v) is 10.7. The van der Waals surface area contributed by atoms with Gasteiger partial charge in [-0.2, -0.15) is 0 Å². The van der Waals surface area contributed by atoms with Crippen molar-refractivity contribution in [1.29, 1.82) is 0 Å². The van der Waals surface area contributed by atoms with Crippen LogP contribution in [0, 0.1) is 6.92 Å². The third-order valence-electron chi connectivity index (χ3n) is 2.66. The number of pyridine rings is 1. The first-order valence-electron chi connectivity index (χ1n) is 5.50. The number of benzene rings is 1. The summed E-state index contributed by atoms with van der Waals surface area (Å²) >= 11 is 0. The molecular formula is C14H17ClN2. The molecule has 0 amide bonds. The van der Waals surface area contributed by atoms with Crippen molar-refractivity contribution in [2.75, 3.05) is 0 Å². The lowest BCUT2D eigenvalue weighted by Crippen LogP contribution is -2.13. The number of aromatic nitrogens is 1. The average molecular weight is 249 g/mol. The summed E-state index contributed by atoms with van der Waals surface area (Å²) in [7, 11) is 0. The molecule has 0 spiro atoms. The van der Waals surface area contributed by atoms with E-state index in [1.165, 1.54) is 16.7 Å². The number of nitrogens with one attached hydrogen (secondary N) is 1. The Morgan fingerprint density at radius 2 is 1.71 bits per heavy atom. The van der Waals surface area contributed by atoms with E-state index in [4.69, 9.17) is 0 Å². The predicted molar refractivity (Wildman–Crippen MR) is 73.2 cm³/mol. The van der Waals surface area contributed by atoms with Crippen LogP contribution < -0.4 is 5.32 Å². The van der Waals surface area contributed by atoms with Gasteiger partial charge in [-0.05, 0) is 35.7 Å². The van der Waals surface area contributed by atoms with Gasteiger partial charge in [0.15, 0.2) is 0 Å². The molecule has 0 saturated carbocycles. The Morgan fingerprint density at radius 3 is 2.41 bits per heavy atom. The van der Waals surface area contributed by atoms with Gasteiger partial charge < -0.3 is 5.32 Å². The van der Waals surface area contributed by atoms with Crippen molar-refractivity contribution in [3.8, 4) is 0 Å². The van der Waals surface area contributed by atoms with Crippen LogP contribution in [0.15, 0.2) is 48.8 Å². The summed E-state index contributed by atoms with van der Waals surface area (Å²) < 4.78 is 0. The first kappa shape index (κ1) is 13.7. The second-order valence-corrected chi connectivity index (χ2v) is 3.89. The van der Waals surface area contributed by atoms with E-state index < -0.39 is 0 Å². The summed E-state index contributed by atoms with van der Waals surface area (Å²) in [6.45, 7) is 3.94. The van der Waals surface area contributed by atoms with Gasteiger partial charge in [0.2, 0.25) is 0 Å². The summed E-state index contributed by atoms with van der Waals surface area (Å²) in [6.07, 6.45) is 3.65. The highest BCUT2D eigenvalue weighted by molar-refractivity contribution is 5.85. The number of hydrogen-bond donors (Lipinski definition) is 1. The molecule has 0 saturated heterocycles. The molecule has 0 unspecified atom stereocenters. The van der Waals surface area contributed by atoms with Gasteiger partial charge in [0.1, 0.15) is 0 Å². The lowest BCUT2D eigenvalue weighted by atomic mass is 10.1. The van der Waals surface area contributed by atoms with Crippen LogP contribution in [0.3, 0.4) is 0 Å². The minimum atomic E-state index is 0. The summed E-state index contributed by atoms with van der Waals surface area (Å²) in [5, 5.41) is 3.43. The molecule has 3 heteroatoms. The number of halogens is 1. The molecule has 0 atom stereocenters. The van der Waals surface area contributed by atoms with E-state index in [1.807, 2.05) is 24.5 Å². The van der Waals surface area contributed by atoms with E-state index in [0.29, 0.717) is 0 Å². The lowest BCUT2D eigenvalue weighted by Gasteiger charge is -2.07. The molecule has 0 bridgehead atoms. The van der Waals surface area contributed by atoms with E-state index in [2.05, 4.69) is 41.5 Å². The molecule has 0 radical (unpaired) electrons. The van der Waals surface area contributed by atoms with Gasteiger partial charge in [0.25, 0.3) is 0 Å². The molecule has 0 aliphatic rings. The van der Waals surface area contributed by atoms with Gasteiger partial charge in [0.05, 0.1) is 0 Å². The van der Waals surface area contributed by atoms with Crippen LogP contribution in [0.2, 0.25) is 0 Å². The van der Waals surface area contributed by atoms with Crippen molar-refractivity contribution >= 4 is 12.4 Å². The van der Waals surface area contributed by atoms with Crippen LogP contribution in [-0.4, -0.2) is 4.98 Å². The lowest BCUT2D eigenvalue weighted by molar-refractivity contribution is 0.690. The van der Waals surface area contributed by atoms with Gasteiger partial charge in [-0.25, -0.2) is 0 Å². The molecule has 1 aromatic carbocycles. The fourth-order valence-electron chi connectivity index (χ4n) is 1.65. The quantitative estimate of drug-likeness (QED) is 0.900. The maximum atomic E-state index is 4.00. The maximum absolute atomic E-state index is 4.00. The number of nitrogens with zero attached hydrogens (tertiary/aromatic N) is 1. The van der Waals surface area contributed by atoms with E-state index in [1.54, 1.807) is 0 Å². The largest absolute Gasteiger partial charge is 0.309 e. The van der Waals surface area contributed by atoms with Gasteiger partial charge in [-0.1, -0.05) is 24.3 Å². The molecule has 1 N–H and O–H groups in total. The highest BCUT2D eigenvalue weighted by Crippen LogP contribution is 2.06. The Morgan fingerprint density at radius 1 is 1.00 bits per heavy atom. The summed E-state index contributed by atoms with van der Waals surface area (Å²) in [5.41, 5.74) is 3.96. The molecule has 1 aromatic heterocycles. The van der Waals surface area contributed by atoms with Crippen molar-refractivity contribution in [3.05, 3.63) is 65.5 Å². The Bertz CT molecular complexity index is 443. The molecule has 90 valence electrons. The van der Waals surface area contributed by atoms with E-state index in [0.717, 1.165) is 13.1 Å². The molecule has 0 aliphatic carbocycles. The van der Waals surface area contributed by atoms with Crippen molar-refractivity contribution in [3.63, 3.8) is 0 Å². The first-order valence-corrected chi connectivity index (χ1v) is 5.50. The van der Waals surface area contributed by atoms with Crippen molar-refractivity contribution in [1.82, 2.24) is 10.3 Å². The average Bonchev–Trinajstić information content (AvgIpc) is 2.33. The summed E-state index contributed by atoms with van der Waals surface area (Å²) in [6, 6.07) is 12.5. The summed E-state index contributed by atoms with van der Waals surface area (Å²) in [4.78, 5) is 4.00. The van der Waals surface area contributed by atoms with Crippen LogP contribution in [0.25, 0.3) is 0 Å². The molecule has 1 heterocycles. The zero-order valence-electron chi connectivity index (χ0n) is 9.89. The Hall–Kier alpha value is -1.38. The molecule has 0 aliphatic heterocycles. The van der Waals surface area contributed by atoms with Crippen LogP contribution in [0.4, 0.5) is 0 Å². The van der Waals surface area contributed by atoms with E-state index in [9.17, 15) is 0 Å². The molecular weight excluding hydrogens is 232 g/mol. The Kier molecular flexibility index (Phi) is 5.67. The minimum Gasteiger partial charge on any atom is -0.309 e. The van der Waals surface area contributed by atoms with Gasteiger partial charge >= 0.3 is 0 Å². The summed E-state index contributed by atoms with van der Waals surface area (Å²) in [5.74, 6) is 0. The fraction of sp³-hybridized carbons (Fsp3) is 0.214. The van der Waals surface area contributed by atoms with Crippen molar-refractivity contribution in [2.45, 2.75) is 20.0 Å². The van der Waals surface area contributed by atoms with Crippen molar-refractivity contribution in [2.24, 2.45) is 0 Å². The third kappa shape index (κ3) is 4.17. The monoisotopic (exact) mass is 248 g/mol. The van der Waals surface area contributed by atoms with Crippen LogP contribution >= 0.6 is 12.4 Å². The predicted octanol–water partition coefficient (Wildman–Crippen LogP) is 3.10. The standard InChI is InChI=1S/C14H16N2.ClH/c1-12-4-2-3-5-14(12)11-16-10-13-6-8-15-9-7-13;/h2-9,16H,10-11H2,1H3;1H. The van der Waals surface area contributed by atoms with Gasteiger partial charge in [0, 0.05) is 25.5 Å². The Balaban J connectivity index is 0.00000144. The zero-order chi connectivity index (χ0) is 11.2. The van der Waals surface area contributed by atoms with Gasteiger partial charge in [-0.3, -0.25) is 4.98 Å². The normalized spacial score (nSPS) is 9.71. The number of aryl methyl sites for hydroxylation is 1. The van der Waals surface area contributed by atoms with Crippen LogP contribution in [0.1, 0.15) is 16.7 Å². The molecule has 17 heavy (non-hydrogen) atoms. The number of rotatable bonds is 4. The van der Waals surface area contributed by atoms with Crippen LogP contribution in [-0.2, 0) is 13.1 Å². The highest BCUT2D eigenvalue weighted by Gasteiger charge is 1.96. The molecule has 2 nitrogen and oxygen atoms in total. The van der Waals surface area contributed by atoms with Crippen molar-refractivity contribution < 1.29 is 0 Å². The van der Waals surface area contributed by atoms with Gasteiger partial charge in [-0.15, -0.1) is 12.4 Å². The SMILES string of the molecule is Cc1ccccc1CNCc1ccncc1.Cl. The smallest absolute Gasteiger partial charge is 0.0271 e.